The molecule has 0 spiro atoms. The lowest BCUT2D eigenvalue weighted by atomic mass is 9.95. The molecule has 0 bridgehead atoms. The highest BCUT2D eigenvalue weighted by Crippen LogP contribution is 2.37. The molecular formula is C57H61N3O10. The number of azide groups is 1. The van der Waals surface area contributed by atoms with Gasteiger partial charge in [0.05, 0.1) is 59.5 Å². The Kier molecular flexibility index (Phi) is 19.7. The number of nitrogens with zero attached hydrogens (tertiary/aromatic N) is 3. The number of benzene rings is 6. The Labute approximate surface area is 410 Å². The van der Waals surface area contributed by atoms with E-state index in [1.54, 1.807) is 6.08 Å². The van der Waals surface area contributed by atoms with Gasteiger partial charge in [-0.1, -0.05) is 193 Å². The van der Waals surface area contributed by atoms with Crippen molar-refractivity contribution in [2.45, 2.75) is 101 Å². The van der Waals surface area contributed by atoms with Crippen molar-refractivity contribution >= 4 is 0 Å². The summed E-state index contributed by atoms with van der Waals surface area (Å²) in [5.41, 5.74) is 16.1. The Morgan fingerprint density at radius 2 is 0.786 bits per heavy atom. The van der Waals surface area contributed by atoms with Crippen LogP contribution in [-0.2, 0) is 87.0 Å². The molecule has 0 unspecified atom stereocenters. The zero-order chi connectivity index (χ0) is 48.0. The first-order chi connectivity index (χ1) is 34.6. The molecule has 13 nitrogen and oxygen atoms in total. The van der Waals surface area contributed by atoms with Crippen molar-refractivity contribution < 1.29 is 47.4 Å². The molecule has 8 rings (SSSR count). The molecule has 0 saturated carbocycles. The maximum absolute atomic E-state index is 10.4. The molecule has 0 aromatic heterocycles. The van der Waals surface area contributed by atoms with Gasteiger partial charge in [0.25, 0.3) is 0 Å². The lowest BCUT2D eigenvalue weighted by molar-refractivity contribution is -0.360. The largest absolute Gasteiger partial charge is 0.374 e. The lowest BCUT2D eigenvalue weighted by Gasteiger charge is -2.49. The molecule has 0 radical (unpaired) electrons. The van der Waals surface area contributed by atoms with Crippen LogP contribution in [0.1, 0.15) is 33.4 Å². The number of hydrogen-bond donors (Lipinski definition) is 0. The highest BCUT2D eigenvalue weighted by molar-refractivity contribution is 5.18. The molecule has 0 amide bonds. The van der Waals surface area contributed by atoms with Gasteiger partial charge in [0.1, 0.15) is 48.8 Å². The first-order valence-corrected chi connectivity index (χ1v) is 23.7. The van der Waals surface area contributed by atoms with Crippen molar-refractivity contribution in [1.82, 2.24) is 0 Å². The predicted octanol–water partition coefficient (Wildman–Crippen LogP) is 10.5. The smallest absolute Gasteiger partial charge is 0.187 e. The molecule has 2 saturated heterocycles. The van der Waals surface area contributed by atoms with Crippen LogP contribution >= 0.6 is 0 Å². The third-order valence-electron chi connectivity index (χ3n) is 12.0. The summed E-state index contributed by atoms with van der Waals surface area (Å²) in [5.74, 6) is 0. The Balaban J connectivity index is 1.17. The summed E-state index contributed by atoms with van der Waals surface area (Å²) in [6, 6.07) is 58.1. The molecule has 6 aromatic rings. The van der Waals surface area contributed by atoms with Crippen molar-refractivity contribution in [3.05, 3.63) is 238 Å². The van der Waals surface area contributed by atoms with Gasteiger partial charge in [-0.15, -0.1) is 6.58 Å². The zero-order valence-electron chi connectivity index (χ0n) is 39.2. The topological polar surface area (TPSA) is 141 Å². The quantitative estimate of drug-likeness (QED) is 0.0223. The molecular weight excluding hydrogens is 887 g/mol. The maximum atomic E-state index is 10.4. The molecule has 2 fully saturated rings. The van der Waals surface area contributed by atoms with E-state index in [2.05, 4.69) is 16.6 Å². The van der Waals surface area contributed by atoms with E-state index < -0.39 is 61.3 Å². The van der Waals surface area contributed by atoms with E-state index in [9.17, 15) is 5.53 Å². The summed E-state index contributed by atoms with van der Waals surface area (Å²) in [4.78, 5) is 3.37. The van der Waals surface area contributed by atoms with Gasteiger partial charge in [-0.3, -0.25) is 0 Å². The van der Waals surface area contributed by atoms with Crippen molar-refractivity contribution in [3.63, 3.8) is 0 Å². The second kappa shape index (κ2) is 27.4. The van der Waals surface area contributed by atoms with Gasteiger partial charge in [-0.2, -0.15) is 0 Å². The van der Waals surface area contributed by atoms with Gasteiger partial charge in [0.2, 0.25) is 0 Å². The minimum absolute atomic E-state index is 0.0589. The fourth-order valence-corrected chi connectivity index (χ4v) is 8.51. The summed E-state index contributed by atoms with van der Waals surface area (Å²) in [6.45, 7) is 5.66. The van der Waals surface area contributed by atoms with Crippen LogP contribution in [0, 0.1) is 0 Å². The van der Waals surface area contributed by atoms with Crippen LogP contribution in [0.4, 0.5) is 0 Å². The summed E-state index contributed by atoms with van der Waals surface area (Å²) in [6.07, 6.45) is -6.48. The summed E-state index contributed by atoms with van der Waals surface area (Å²) < 4.78 is 67.8. The molecule has 2 heterocycles. The third-order valence-corrected chi connectivity index (χ3v) is 12.0. The normalized spacial score (nSPS) is 24.3. The average molecular weight is 948 g/mol. The SMILES string of the molecule is C=CCO[C@H]1O[C@H](COCc2ccccc2)[C@@H](O[C@@H]2O[C@H](COCc3ccccc3)[C@@H](OCc3ccccc3)[C@H](OCc3ccccc3)[C@H]2N=[N+]=[N-])[C@H](OCc2ccccc2)[C@@H]1OCc1ccccc1. The van der Waals surface area contributed by atoms with Gasteiger partial charge < -0.3 is 47.4 Å². The van der Waals surface area contributed by atoms with Crippen molar-refractivity contribution in [2.24, 2.45) is 5.11 Å². The molecule has 2 aliphatic rings. The van der Waals surface area contributed by atoms with E-state index in [-0.39, 0.29) is 46.2 Å². The molecule has 2 aliphatic heterocycles. The van der Waals surface area contributed by atoms with Crippen molar-refractivity contribution in [2.75, 3.05) is 19.8 Å². The van der Waals surface area contributed by atoms with E-state index in [1.165, 1.54) is 0 Å². The molecule has 364 valence electrons. The van der Waals surface area contributed by atoms with E-state index in [1.807, 2.05) is 182 Å². The number of ether oxygens (including phenoxy) is 10. The second-order valence-electron chi connectivity index (χ2n) is 17.1. The summed E-state index contributed by atoms with van der Waals surface area (Å²) in [5, 5.41) is 4.39. The summed E-state index contributed by atoms with van der Waals surface area (Å²) in [7, 11) is 0. The van der Waals surface area contributed by atoms with Crippen LogP contribution in [0.5, 0.6) is 0 Å². The van der Waals surface area contributed by atoms with Crippen LogP contribution < -0.4 is 0 Å². The van der Waals surface area contributed by atoms with Gasteiger partial charge >= 0.3 is 0 Å². The van der Waals surface area contributed by atoms with E-state index in [4.69, 9.17) is 47.4 Å². The van der Waals surface area contributed by atoms with Crippen LogP contribution in [-0.4, -0.2) is 81.2 Å². The lowest BCUT2D eigenvalue weighted by Crippen LogP contribution is -2.65. The Morgan fingerprint density at radius 3 is 1.20 bits per heavy atom. The van der Waals surface area contributed by atoms with Crippen molar-refractivity contribution in [3.8, 4) is 0 Å². The fourth-order valence-electron chi connectivity index (χ4n) is 8.51. The second-order valence-corrected chi connectivity index (χ2v) is 17.1. The molecule has 10 atom stereocenters. The predicted molar refractivity (Wildman–Crippen MR) is 264 cm³/mol. The van der Waals surface area contributed by atoms with E-state index in [0.717, 1.165) is 33.4 Å². The van der Waals surface area contributed by atoms with Crippen molar-refractivity contribution in [1.29, 1.82) is 0 Å². The standard InChI is InChI=1S/C57H61N3O10/c1-2-33-63-57-55(67-39-47-31-19-8-20-32-47)54(66-38-46-29-17-7-18-30-46)52(49(69-57)41-62-35-43-23-11-4-12-24-43)70-56-50(59-60-58)53(65-37-45-27-15-6-16-28-45)51(64-36-44-25-13-5-14-26-44)48(68-56)40-61-34-42-21-9-3-10-22-42/h2-32,48-57H,1,33-41H2/t48-,49-,50-,51-,52-,53-,54+,55+,56+,57+/m1/s1. The zero-order valence-corrected chi connectivity index (χ0v) is 39.2. The average Bonchev–Trinajstić information content (AvgIpc) is 3.41. The van der Waals surface area contributed by atoms with Gasteiger partial charge in [-0.05, 0) is 38.9 Å². The van der Waals surface area contributed by atoms with Gasteiger partial charge in [-0.25, -0.2) is 0 Å². The minimum Gasteiger partial charge on any atom is -0.374 e. The highest BCUT2D eigenvalue weighted by Gasteiger charge is 2.54. The first kappa shape index (κ1) is 50.4. The minimum atomic E-state index is -1.24. The van der Waals surface area contributed by atoms with Gasteiger partial charge in [0.15, 0.2) is 12.6 Å². The fraction of sp³-hybridized carbons (Fsp3) is 0.333. The first-order valence-electron chi connectivity index (χ1n) is 23.7. The van der Waals surface area contributed by atoms with E-state index >= 15 is 0 Å². The highest BCUT2D eigenvalue weighted by atomic mass is 16.8. The van der Waals surface area contributed by atoms with Gasteiger partial charge in [0, 0.05) is 4.91 Å². The molecule has 13 heteroatoms. The Bertz CT molecular complexity index is 2440. The molecule has 0 aliphatic carbocycles. The Hall–Kier alpha value is -6.03. The van der Waals surface area contributed by atoms with Crippen LogP contribution in [0.25, 0.3) is 10.4 Å². The molecule has 70 heavy (non-hydrogen) atoms. The summed E-state index contributed by atoms with van der Waals surface area (Å²) >= 11 is 0. The van der Waals surface area contributed by atoms with E-state index in [0.29, 0.717) is 13.2 Å². The monoisotopic (exact) mass is 947 g/mol. The van der Waals surface area contributed by atoms with Crippen LogP contribution in [0.15, 0.2) is 200 Å². The number of hydrogen-bond acceptors (Lipinski definition) is 11. The maximum Gasteiger partial charge on any atom is 0.187 e. The van der Waals surface area contributed by atoms with Crippen LogP contribution in [0.2, 0.25) is 0 Å². The van der Waals surface area contributed by atoms with Crippen LogP contribution in [0.3, 0.4) is 0 Å². The Morgan fingerprint density at radius 1 is 0.429 bits per heavy atom. The number of rotatable bonds is 26. The molecule has 6 aromatic carbocycles. The third kappa shape index (κ3) is 14.8. The molecule has 0 N–H and O–H groups in total.